The number of ether oxygens (including phenoxy) is 1. The predicted molar refractivity (Wildman–Crippen MR) is 91.7 cm³/mol. The van der Waals surface area contributed by atoms with Gasteiger partial charge in [0.2, 0.25) is 0 Å². The van der Waals surface area contributed by atoms with E-state index in [0.717, 1.165) is 42.7 Å². The normalized spacial score (nSPS) is 16.1. The smallest absolute Gasteiger partial charge is 0.263 e. The fraction of sp³-hybridized carbons (Fsp3) is 0.316. The van der Waals surface area contributed by atoms with Gasteiger partial charge < -0.3 is 14.6 Å². The number of nitrogens with zero attached hydrogens (tertiary/aromatic N) is 1. The molecule has 0 spiro atoms. The van der Waals surface area contributed by atoms with Crippen molar-refractivity contribution in [2.24, 2.45) is 0 Å². The molecule has 2 aromatic carbocycles. The number of hydrogen-bond acceptors (Lipinski definition) is 2. The van der Waals surface area contributed by atoms with E-state index in [-0.39, 0.29) is 5.91 Å². The van der Waals surface area contributed by atoms with Crippen LogP contribution in [0.3, 0.4) is 0 Å². The quantitative estimate of drug-likeness (QED) is 0.801. The standard InChI is InChI=1S/C19H20N2O2/c1-13(19(22)21-10-4-5-11-21)23-14-8-9-16-15-6-2-3-7-17(15)20-18(16)12-14/h2-3,6-9,12-13,20H,4-5,10-11H2,1H3/t13-/m0/s1. The lowest BCUT2D eigenvalue weighted by Gasteiger charge is -2.21. The summed E-state index contributed by atoms with van der Waals surface area (Å²) in [6.07, 6.45) is 1.74. The van der Waals surface area contributed by atoms with Crippen LogP contribution in [0.5, 0.6) is 5.75 Å². The predicted octanol–water partition coefficient (Wildman–Crippen LogP) is 3.71. The SMILES string of the molecule is C[C@H](Oc1ccc2c(c1)[nH]c1ccccc12)C(=O)N1CCCC1. The average molecular weight is 308 g/mol. The molecule has 2 heterocycles. The highest BCUT2D eigenvalue weighted by molar-refractivity contribution is 6.07. The van der Waals surface area contributed by atoms with E-state index >= 15 is 0 Å². The maximum Gasteiger partial charge on any atom is 0.263 e. The van der Waals surface area contributed by atoms with Gasteiger partial charge in [-0.25, -0.2) is 0 Å². The van der Waals surface area contributed by atoms with Crippen LogP contribution in [0.15, 0.2) is 42.5 Å². The zero-order valence-corrected chi connectivity index (χ0v) is 13.2. The first kappa shape index (κ1) is 14.1. The van der Waals surface area contributed by atoms with Crippen LogP contribution in [0.4, 0.5) is 0 Å². The number of hydrogen-bond donors (Lipinski definition) is 1. The van der Waals surface area contributed by atoms with Crippen LogP contribution in [-0.4, -0.2) is 35.0 Å². The summed E-state index contributed by atoms with van der Waals surface area (Å²) in [4.78, 5) is 17.6. The lowest BCUT2D eigenvalue weighted by Crippen LogP contribution is -2.38. The number of amides is 1. The minimum absolute atomic E-state index is 0.0826. The number of aromatic amines is 1. The van der Waals surface area contributed by atoms with E-state index in [1.165, 1.54) is 10.8 Å². The lowest BCUT2D eigenvalue weighted by molar-refractivity contribution is -0.136. The molecular weight excluding hydrogens is 288 g/mol. The number of para-hydroxylation sites is 1. The number of rotatable bonds is 3. The Morgan fingerprint density at radius 2 is 1.83 bits per heavy atom. The molecule has 0 unspecified atom stereocenters. The maximum absolute atomic E-state index is 12.3. The van der Waals surface area contributed by atoms with Crippen molar-refractivity contribution in [1.82, 2.24) is 9.88 Å². The third kappa shape index (κ3) is 2.54. The monoisotopic (exact) mass is 308 g/mol. The fourth-order valence-electron chi connectivity index (χ4n) is 3.36. The van der Waals surface area contributed by atoms with E-state index in [1.807, 2.05) is 36.1 Å². The summed E-state index contributed by atoms with van der Waals surface area (Å²) < 4.78 is 5.88. The Kier molecular flexibility index (Phi) is 3.45. The van der Waals surface area contributed by atoms with Crippen LogP contribution < -0.4 is 4.74 Å². The van der Waals surface area contributed by atoms with Crippen molar-refractivity contribution in [2.45, 2.75) is 25.9 Å². The van der Waals surface area contributed by atoms with Gasteiger partial charge in [-0.05, 0) is 38.0 Å². The van der Waals surface area contributed by atoms with E-state index < -0.39 is 6.10 Å². The van der Waals surface area contributed by atoms with Gasteiger partial charge in [0.25, 0.3) is 5.91 Å². The molecule has 1 aromatic heterocycles. The van der Waals surface area contributed by atoms with Crippen molar-refractivity contribution in [3.8, 4) is 5.75 Å². The number of benzene rings is 2. The zero-order valence-electron chi connectivity index (χ0n) is 13.2. The van der Waals surface area contributed by atoms with E-state index in [4.69, 9.17) is 4.74 Å². The van der Waals surface area contributed by atoms with Crippen molar-refractivity contribution < 1.29 is 9.53 Å². The van der Waals surface area contributed by atoms with Gasteiger partial charge in [-0.2, -0.15) is 0 Å². The largest absolute Gasteiger partial charge is 0.481 e. The first-order valence-corrected chi connectivity index (χ1v) is 8.18. The molecule has 3 aromatic rings. The fourth-order valence-corrected chi connectivity index (χ4v) is 3.36. The van der Waals surface area contributed by atoms with Crippen LogP contribution in [-0.2, 0) is 4.79 Å². The summed E-state index contributed by atoms with van der Waals surface area (Å²) >= 11 is 0. The maximum atomic E-state index is 12.3. The third-order valence-corrected chi connectivity index (χ3v) is 4.56. The van der Waals surface area contributed by atoms with Crippen molar-refractivity contribution >= 4 is 27.7 Å². The first-order valence-electron chi connectivity index (χ1n) is 8.18. The highest BCUT2D eigenvalue weighted by Gasteiger charge is 2.24. The second-order valence-corrected chi connectivity index (χ2v) is 6.17. The average Bonchev–Trinajstić information content (AvgIpc) is 3.21. The van der Waals surface area contributed by atoms with Gasteiger partial charge in [-0.1, -0.05) is 18.2 Å². The van der Waals surface area contributed by atoms with Crippen molar-refractivity contribution in [2.75, 3.05) is 13.1 Å². The molecule has 1 saturated heterocycles. The molecule has 0 saturated carbocycles. The molecule has 4 rings (SSSR count). The summed E-state index contributed by atoms with van der Waals surface area (Å²) in [6.45, 7) is 3.54. The number of H-pyrrole nitrogens is 1. The molecule has 1 amide bonds. The van der Waals surface area contributed by atoms with Crippen molar-refractivity contribution in [3.05, 3.63) is 42.5 Å². The van der Waals surface area contributed by atoms with Crippen LogP contribution in [0.25, 0.3) is 21.8 Å². The summed E-state index contributed by atoms with van der Waals surface area (Å²) in [7, 11) is 0. The Labute approximate surface area is 135 Å². The summed E-state index contributed by atoms with van der Waals surface area (Å²) in [5, 5.41) is 2.38. The number of fused-ring (bicyclic) bond motifs is 3. The summed E-state index contributed by atoms with van der Waals surface area (Å²) in [5.41, 5.74) is 2.14. The van der Waals surface area contributed by atoms with E-state index in [0.29, 0.717) is 0 Å². The Balaban J connectivity index is 1.59. The van der Waals surface area contributed by atoms with Gasteiger partial charge in [0, 0.05) is 35.4 Å². The van der Waals surface area contributed by atoms with Gasteiger partial charge in [0.15, 0.2) is 6.10 Å². The van der Waals surface area contributed by atoms with Gasteiger partial charge in [0.05, 0.1) is 5.52 Å². The molecule has 4 heteroatoms. The molecule has 1 atom stereocenters. The Bertz CT molecular complexity index is 862. The highest BCUT2D eigenvalue weighted by Crippen LogP contribution is 2.28. The summed E-state index contributed by atoms with van der Waals surface area (Å²) in [6, 6.07) is 14.2. The second kappa shape index (κ2) is 5.61. The van der Waals surface area contributed by atoms with Crippen molar-refractivity contribution in [3.63, 3.8) is 0 Å². The summed E-state index contributed by atoms with van der Waals surface area (Å²) in [5.74, 6) is 0.809. The number of carbonyl (C=O) groups excluding carboxylic acids is 1. The van der Waals surface area contributed by atoms with Gasteiger partial charge >= 0.3 is 0 Å². The molecule has 1 aliphatic rings. The molecule has 1 aliphatic heterocycles. The zero-order chi connectivity index (χ0) is 15.8. The molecule has 1 N–H and O–H groups in total. The van der Waals surface area contributed by atoms with E-state index in [2.05, 4.69) is 23.2 Å². The topological polar surface area (TPSA) is 45.3 Å². The highest BCUT2D eigenvalue weighted by atomic mass is 16.5. The van der Waals surface area contributed by atoms with Crippen LogP contribution in [0.1, 0.15) is 19.8 Å². The molecule has 0 bridgehead atoms. The number of likely N-dealkylation sites (tertiary alicyclic amines) is 1. The first-order chi connectivity index (χ1) is 11.2. The van der Waals surface area contributed by atoms with Gasteiger partial charge in [-0.15, -0.1) is 0 Å². The number of nitrogens with one attached hydrogen (secondary N) is 1. The van der Waals surface area contributed by atoms with Gasteiger partial charge in [0.1, 0.15) is 5.75 Å². The number of carbonyl (C=O) groups is 1. The minimum atomic E-state index is -0.449. The Hall–Kier alpha value is -2.49. The second-order valence-electron chi connectivity index (χ2n) is 6.17. The minimum Gasteiger partial charge on any atom is -0.481 e. The number of aromatic nitrogens is 1. The molecule has 118 valence electrons. The van der Waals surface area contributed by atoms with E-state index in [9.17, 15) is 4.79 Å². The van der Waals surface area contributed by atoms with Crippen LogP contribution >= 0.6 is 0 Å². The van der Waals surface area contributed by atoms with E-state index in [1.54, 1.807) is 0 Å². The van der Waals surface area contributed by atoms with Crippen molar-refractivity contribution in [1.29, 1.82) is 0 Å². The molecule has 23 heavy (non-hydrogen) atoms. The molecule has 0 aliphatic carbocycles. The lowest BCUT2D eigenvalue weighted by atomic mass is 10.1. The Morgan fingerprint density at radius 1 is 1.09 bits per heavy atom. The Morgan fingerprint density at radius 3 is 2.65 bits per heavy atom. The third-order valence-electron chi connectivity index (χ3n) is 4.56. The molecule has 1 fully saturated rings. The molecule has 4 nitrogen and oxygen atoms in total. The van der Waals surface area contributed by atoms with Crippen LogP contribution in [0.2, 0.25) is 0 Å². The molecular formula is C19H20N2O2. The van der Waals surface area contributed by atoms with Gasteiger partial charge in [-0.3, -0.25) is 4.79 Å². The van der Waals surface area contributed by atoms with Crippen LogP contribution in [0, 0.1) is 0 Å². The molecule has 0 radical (unpaired) electrons.